The van der Waals surface area contributed by atoms with Crippen molar-refractivity contribution in [1.82, 2.24) is 5.32 Å². The van der Waals surface area contributed by atoms with Crippen molar-refractivity contribution < 1.29 is 9.18 Å². The first-order valence-electron chi connectivity index (χ1n) is 5.48. The number of carbonyl (C=O) groups excluding carboxylic acids is 1. The van der Waals surface area contributed by atoms with Gasteiger partial charge in [0.05, 0.1) is 10.6 Å². The van der Waals surface area contributed by atoms with Gasteiger partial charge >= 0.3 is 0 Å². The molecule has 0 aromatic heterocycles. The molecule has 4 heteroatoms. The maximum Gasteiger partial charge on any atom is 0.256 e. The van der Waals surface area contributed by atoms with Crippen LogP contribution in [0.3, 0.4) is 0 Å². The van der Waals surface area contributed by atoms with E-state index in [1.807, 2.05) is 27.7 Å². The Labute approximate surface area is 106 Å². The second-order valence-corrected chi connectivity index (χ2v) is 5.57. The molecular formula is C13H17ClFNO. The van der Waals surface area contributed by atoms with E-state index >= 15 is 0 Å². The number of halogens is 2. The third kappa shape index (κ3) is 3.43. The highest BCUT2D eigenvalue weighted by atomic mass is 35.5. The highest BCUT2D eigenvalue weighted by molar-refractivity contribution is 6.33. The average Bonchev–Trinajstić information content (AvgIpc) is 2.15. The molecule has 1 unspecified atom stereocenters. The predicted octanol–water partition coefficient (Wildman–Crippen LogP) is 3.64. The summed E-state index contributed by atoms with van der Waals surface area (Å²) in [6.45, 7) is 7.88. The fourth-order valence-electron chi connectivity index (χ4n) is 1.20. The molecule has 1 rings (SSSR count). The van der Waals surface area contributed by atoms with Gasteiger partial charge < -0.3 is 5.32 Å². The van der Waals surface area contributed by atoms with Gasteiger partial charge in [-0.25, -0.2) is 4.39 Å². The van der Waals surface area contributed by atoms with Crippen LogP contribution in [-0.2, 0) is 0 Å². The van der Waals surface area contributed by atoms with E-state index in [1.54, 1.807) is 0 Å². The van der Waals surface area contributed by atoms with Crippen LogP contribution >= 0.6 is 11.6 Å². The van der Waals surface area contributed by atoms with Gasteiger partial charge in [-0.1, -0.05) is 38.4 Å². The maximum absolute atomic E-state index is 13.5. The van der Waals surface area contributed by atoms with E-state index < -0.39 is 11.7 Å². The van der Waals surface area contributed by atoms with Gasteiger partial charge in [0.25, 0.3) is 5.91 Å². The molecule has 0 radical (unpaired) electrons. The first kappa shape index (κ1) is 14.0. The van der Waals surface area contributed by atoms with Crippen LogP contribution in [-0.4, -0.2) is 11.9 Å². The predicted molar refractivity (Wildman–Crippen MR) is 67.8 cm³/mol. The summed E-state index contributed by atoms with van der Waals surface area (Å²) in [7, 11) is 0. The number of rotatable bonds is 2. The Balaban J connectivity index is 2.92. The van der Waals surface area contributed by atoms with Crippen LogP contribution < -0.4 is 5.32 Å². The Bertz CT molecular complexity index is 406. The zero-order valence-corrected chi connectivity index (χ0v) is 11.2. The molecule has 0 heterocycles. The van der Waals surface area contributed by atoms with Crippen molar-refractivity contribution in [3.63, 3.8) is 0 Å². The van der Waals surface area contributed by atoms with Gasteiger partial charge in [0.1, 0.15) is 5.82 Å². The fourth-order valence-corrected chi connectivity index (χ4v) is 1.45. The van der Waals surface area contributed by atoms with Crippen molar-refractivity contribution in [3.05, 3.63) is 34.6 Å². The SMILES string of the molecule is CC(NC(=O)c1c(F)cccc1Cl)C(C)(C)C. The lowest BCUT2D eigenvalue weighted by atomic mass is 9.88. The normalized spacial score (nSPS) is 13.3. The molecule has 0 saturated carbocycles. The van der Waals surface area contributed by atoms with Gasteiger partial charge in [-0.2, -0.15) is 0 Å². The maximum atomic E-state index is 13.5. The van der Waals surface area contributed by atoms with Crippen LogP contribution in [0, 0.1) is 11.2 Å². The minimum Gasteiger partial charge on any atom is -0.349 e. The van der Waals surface area contributed by atoms with Crippen molar-refractivity contribution in [2.24, 2.45) is 5.41 Å². The second kappa shape index (κ2) is 5.05. The number of carbonyl (C=O) groups is 1. The van der Waals surface area contributed by atoms with Gasteiger partial charge in [-0.15, -0.1) is 0 Å². The van der Waals surface area contributed by atoms with Crippen LogP contribution in [0.25, 0.3) is 0 Å². The lowest BCUT2D eigenvalue weighted by Crippen LogP contribution is -2.41. The largest absolute Gasteiger partial charge is 0.349 e. The quantitative estimate of drug-likeness (QED) is 0.861. The van der Waals surface area contributed by atoms with Crippen LogP contribution in [0.5, 0.6) is 0 Å². The highest BCUT2D eigenvalue weighted by Gasteiger charge is 2.24. The number of hydrogen-bond acceptors (Lipinski definition) is 1. The minimum absolute atomic E-state index is 0.0781. The molecule has 0 bridgehead atoms. The molecule has 0 saturated heterocycles. The second-order valence-electron chi connectivity index (χ2n) is 5.16. The molecule has 1 N–H and O–H groups in total. The molecule has 1 atom stereocenters. The summed E-state index contributed by atoms with van der Waals surface area (Å²) in [4.78, 5) is 11.9. The molecule has 17 heavy (non-hydrogen) atoms. The van der Waals surface area contributed by atoms with E-state index in [1.165, 1.54) is 18.2 Å². The number of nitrogens with one attached hydrogen (secondary N) is 1. The van der Waals surface area contributed by atoms with Crippen molar-refractivity contribution in [2.45, 2.75) is 33.7 Å². The Morgan fingerprint density at radius 3 is 2.47 bits per heavy atom. The first-order valence-corrected chi connectivity index (χ1v) is 5.86. The third-order valence-electron chi connectivity index (χ3n) is 2.84. The standard InChI is InChI=1S/C13H17ClFNO/c1-8(13(2,3)4)16-12(17)11-9(14)6-5-7-10(11)15/h5-8H,1-4H3,(H,16,17). The van der Waals surface area contributed by atoms with Gasteiger partial charge in [0, 0.05) is 6.04 Å². The Morgan fingerprint density at radius 1 is 1.41 bits per heavy atom. The van der Waals surface area contributed by atoms with Gasteiger partial charge in [0.15, 0.2) is 0 Å². The first-order chi connectivity index (χ1) is 7.73. The molecule has 1 aromatic rings. The summed E-state index contributed by atoms with van der Waals surface area (Å²) < 4.78 is 13.5. The fraction of sp³-hybridized carbons (Fsp3) is 0.462. The summed E-state index contributed by atoms with van der Waals surface area (Å²) in [5.41, 5.74) is -0.182. The van der Waals surface area contributed by atoms with Crippen LogP contribution in [0.1, 0.15) is 38.1 Å². The number of amides is 1. The van der Waals surface area contributed by atoms with Crippen molar-refractivity contribution >= 4 is 17.5 Å². The number of hydrogen-bond donors (Lipinski definition) is 1. The molecule has 0 aliphatic rings. The average molecular weight is 258 g/mol. The summed E-state index contributed by atoms with van der Waals surface area (Å²) in [6.07, 6.45) is 0. The van der Waals surface area contributed by atoms with E-state index in [0.717, 1.165) is 0 Å². The van der Waals surface area contributed by atoms with Crippen LogP contribution in [0.2, 0.25) is 5.02 Å². The molecule has 2 nitrogen and oxygen atoms in total. The molecule has 0 fully saturated rings. The van der Waals surface area contributed by atoms with Crippen molar-refractivity contribution in [3.8, 4) is 0 Å². The van der Waals surface area contributed by atoms with E-state index in [2.05, 4.69) is 5.32 Å². The highest BCUT2D eigenvalue weighted by Crippen LogP contribution is 2.22. The van der Waals surface area contributed by atoms with Gasteiger partial charge in [0.2, 0.25) is 0 Å². The molecular weight excluding hydrogens is 241 g/mol. The zero-order chi connectivity index (χ0) is 13.2. The molecule has 1 aromatic carbocycles. The van der Waals surface area contributed by atoms with Crippen molar-refractivity contribution in [1.29, 1.82) is 0 Å². The molecule has 94 valence electrons. The Morgan fingerprint density at radius 2 is 2.00 bits per heavy atom. The van der Waals surface area contributed by atoms with Crippen LogP contribution in [0.4, 0.5) is 4.39 Å². The van der Waals surface area contributed by atoms with Gasteiger partial charge in [-0.05, 0) is 24.5 Å². The molecule has 0 aliphatic carbocycles. The van der Waals surface area contributed by atoms with E-state index in [9.17, 15) is 9.18 Å². The lowest BCUT2D eigenvalue weighted by molar-refractivity contribution is 0.0906. The third-order valence-corrected chi connectivity index (χ3v) is 3.15. The summed E-state index contributed by atoms with van der Waals surface area (Å²) in [5, 5.41) is 2.88. The summed E-state index contributed by atoms with van der Waals surface area (Å²) >= 11 is 5.82. The van der Waals surface area contributed by atoms with E-state index in [-0.39, 0.29) is 22.0 Å². The topological polar surface area (TPSA) is 29.1 Å². The Kier molecular flexibility index (Phi) is 4.15. The monoisotopic (exact) mass is 257 g/mol. The zero-order valence-electron chi connectivity index (χ0n) is 10.5. The van der Waals surface area contributed by atoms with E-state index in [4.69, 9.17) is 11.6 Å². The molecule has 1 amide bonds. The summed E-state index contributed by atoms with van der Waals surface area (Å²) in [6, 6.07) is 4.12. The van der Waals surface area contributed by atoms with Crippen LogP contribution in [0.15, 0.2) is 18.2 Å². The number of benzene rings is 1. The van der Waals surface area contributed by atoms with Gasteiger partial charge in [-0.3, -0.25) is 4.79 Å². The van der Waals surface area contributed by atoms with E-state index in [0.29, 0.717) is 0 Å². The Hall–Kier alpha value is -1.09. The summed E-state index contributed by atoms with van der Waals surface area (Å²) in [5.74, 6) is -1.08. The lowest BCUT2D eigenvalue weighted by Gasteiger charge is -2.28. The van der Waals surface area contributed by atoms with Crippen molar-refractivity contribution in [2.75, 3.05) is 0 Å². The minimum atomic E-state index is -0.601. The smallest absolute Gasteiger partial charge is 0.256 e. The molecule has 0 aliphatic heterocycles. The molecule has 0 spiro atoms.